The van der Waals surface area contributed by atoms with Crippen molar-refractivity contribution in [2.24, 2.45) is 0 Å². The predicted octanol–water partition coefficient (Wildman–Crippen LogP) is 1.53. The highest BCUT2D eigenvalue weighted by Crippen LogP contribution is 2.21. The van der Waals surface area contributed by atoms with Crippen molar-refractivity contribution in [1.29, 1.82) is 0 Å². The minimum absolute atomic E-state index is 0.204. The predicted molar refractivity (Wildman–Crippen MR) is 63.5 cm³/mol. The van der Waals surface area contributed by atoms with Crippen LogP contribution in [-0.4, -0.2) is 34.5 Å². The maximum Gasteiger partial charge on any atom is 0.151 e. The van der Waals surface area contributed by atoms with E-state index in [9.17, 15) is 5.11 Å². The lowest BCUT2D eigenvalue weighted by Crippen LogP contribution is -2.38. The highest BCUT2D eigenvalue weighted by molar-refractivity contribution is 5.38. The van der Waals surface area contributed by atoms with Crippen molar-refractivity contribution in [1.82, 2.24) is 10.2 Å². The highest BCUT2D eigenvalue weighted by Gasteiger charge is 2.21. The molecule has 4 heteroatoms. The minimum Gasteiger partial charge on any atom is -0.394 e. The molecule has 0 bridgehead atoms. The second-order valence-corrected chi connectivity index (χ2v) is 4.41. The van der Waals surface area contributed by atoms with Crippen LogP contribution in [0.2, 0.25) is 0 Å². The summed E-state index contributed by atoms with van der Waals surface area (Å²) in [4.78, 5) is 2.19. The molecular weight excluding hydrogens is 202 g/mol. The van der Waals surface area contributed by atoms with Crippen molar-refractivity contribution < 1.29 is 5.11 Å². The van der Waals surface area contributed by atoms with Crippen molar-refractivity contribution in [2.45, 2.75) is 38.6 Å². The third-order valence-corrected chi connectivity index (χ3v) is 3.17. The first-order valence-electron chi connectivity index (χ1n) is 5.99. The molecule has 0 radical (unpaired) electrons. The molecule has 0 saturated carbocycles. The number of aliphatic hydroxyl groups is 1. The summed E-state index contributed by atoms with van der Waals surface area (Å²) >= 11 is 0. The Bertz CT molecular complexity index is 326. The monoisotopic (exact) mass is 221 g/mol. The van der Waals surface area contributed by atoms with Crippen LogP contribution in [0.4, 0.5) is 5.82 Å². The van der Waals surface area contributed by atoms with Gasteiger partial charge in [0.1, 0.15) is 0 Å². The van der Waals surface area contributed by atoms with E-state index in [1.54, 1.807) is 0 Å². The number of hydrogen-bond donors (Lipinski definition) is 1. The van der Waals surface area contributed by atoms with Crippen molar-refractivity contribution in [3.8, 4) is 0 Å². The van der Waals surface area contributed by atoms with Crippen LogP contribution < -0.4 is 4.90 Å². The van der Waals surface area contributed by atoms with Crippen molar-refractivity contribution in [3.63, 3.8) is 0 Å². The van der Waals surface area contributed by atoms with Gasteiger partial charge in [0, 0.05) is 6.54 Å². The molecule has 1 aliphatic heterocycles. The summed E-state index contributed by atoms with van der Waals surface area (Å²) in [6, 6.07) is 4.18. The number of hydrogen-bond acceptors (Lipinski definition) is 4. The second-order valence-electron chi connectivity index (χ2n) is 4.41. The SMILES string of the molecule is Cc1ccc(N2CCCCCC2CO)nn1. The molecule has 1 saturated heterocycles. The van der Waals surface area contributed by atoms with Gasteiger partial charge in [0.15, 0.2) is 5.82 Å². The van der Waals surface area contributed by atoms with Gasteiger partial charge in [0.25, 0.3) is 0 Å². The Kier molecular flexibility index (Phi) is 3.72. The molecule has 1 N–H and O–H groups in total. The van der Waals surface area contributed by atoms with Crippen LogP contribution in [0.5, 0.6) is 0 Å². The average molecular weight is 221 g/mol. The van der Waals surface area contributed by atoms with Crippen molar-refractivity contribution in [3.05, 3.63) is 17.8 Å². The normalized spacial score (nSPS) is 21.9. The van der Waals surface area contributed by atoms with Gasteiger partial charge in [-0.15, -0.1) is 5.10 Å². The topological polar surface area (TPSA) is 49.2 Å². The largest absolute Gasteiger partial charge is 0.394 e. The molecule has 2 rings (SSSR count). The first-order valence-corrected chi connectivity index (χ1v) is 5.99. The molecule has 0 aliphatic carbocycles. The quantitative estimate of drug-likeness (QED) is 0.822. The van der Waals surface area contributed by atoms with E-state index in [2.05, 4.69) is 15.1 Å². The number of nitrogens with zero attached hydrogens (tertiary/aromatic N) is 3. The van der Waals surface area contributed by atoms with E-state index < -0.39 is 0 Å². The van der Waals surface area contributed by atoms with Crippen LogP contribution in [0.25, 0.3) is 0 Å². The first-order chi connectivity index (χ1) is 7.81. The lowest BCUT2D eigenvalue weighted by atomic mass is 10.1. The molecule has 0 aromatic carbocycles. The molecule has 1 unspecified atom stereocenters. The van der Waals surface area contributed by atoms with Gasteiger partial charge in [-0.2, -0.15) is 5.10 Å². The van der Waals surface area contributed by atoms with Gasteiger partial charge in [0.05, 0.1) is 18.3 Å². The summed E-state index contributed by atoms with van der Waals surface area (Å²) in [5, 5.41) is 17.7. The number of anilines is 1. The van der Waals surface area contributed by atoms with E-state index in [1.165, 1.54) is 19.3 Å². The summed E-state index contributed by atoms with van der Waals surface area (Å²) < 4.78 is 0. The smallest absolute Gasteiger partial charge is 0.151 e. The van der Waals surface area contributed by atoms with E-state index in [4.69, 9.17) is 0 Å². The van der Waals surface area contributed by atoms with Crippen molar-refractivity contribution >= 4 is 5.82 Å². The maximum absolute atomic E-state index is 9.41. The Morgan fingerprint density at radius 2 is 2.19 bits per heavy atom. The van der Waals surface area contributed by atoms with E-state index >= 15 is 0 Å². The molecule has 0 spiro atoms. The maximum atomic E-state index is 9.41. The standard InChI is InChI=1S/C12H19N3O/c1-10-6-7-12(14-13-10)15-8-4-2-3-5-11(15)9-16/h6-7,11,16H,2-5,8-9H2,1H3. The number of rotatable bonds is 2. The van der Waals surface area contributed by atoms with Crippen LogP contribution in [-0.2, 0) is 0 Å². The van der Waals surface area contributed by atoms with E-state index in [1.807, 2.05) is 19.1 Å². The zero-order chi connectivity index (χ0) is 11.4. The lowest BCUT2D eigenvalue weighted by Gasteiger charge is -2.29. The second kappa shape index (κ2) is 5.25. The molecular formula is C12H19N3O. The molecule has 1 fully saturated rings. The van der Waals surface area contributed by atoms with Crippen LogP contribution >= 0.6 is 0 Å². The Labute approximate surface area is 96.3 Å². The van der Waals surface area contributed by atoms with E-state index in [0.717, 1.165) is 24.5 Å². The van der Waals surface area contributed by atoms with Crippen molar-refractivity contribution in [2.75, 3.05) is 18.1 Å². The fraction of sp³-hybridized carbons (Fsp3) is 0.667. The summed E-state index contributed by atoms with van der Waals surface area (Å²) in [6.07, 6.45) is 4.66. The van der Waals surface area contributed by atoms with E-state index in [-0.39, 0.29) is 12.6 Å². The fourth-order valence-corrected chi connectivity index (χ4v) is 2.21. The summed E-state index contributed by atoms with van der Waals surface area (Å²) in [6.45, 7) is 3.11. The van der Waals surface area contributed by atoms with Gasteiger partial charge in [-0.1, -0.05) is 12.8 Å². The Balaban J connectivity index is 2.18. The summed E-state index contributed by atoms with van der Waals surface area (Å²) in [5.74, 6) is 0.895. The van der Waals surface area contributed by atoms with Gasteiger partial charge in [-0.3, -0.25) is 0 Å². The summed E-state index contributed by atoms with van der Waals surface area (Å²) in [7, 11) is 0. The van der Waals surface area contributed by atoms with Gasteiger partial charge in [0.2, 0.25) is 0 Å². The van der Waals surface area contributed by atoms with Gasteiger partial charge in [-0.25, -0.2) is 0 Å². The molecule has 88 valence electrons. The lowest BCUT2D eigenvalue weighted by molar-refractivity contribution is 0.254. The molecule has 16 heavy (non-hydrogen) atoms. The Morgan fingerprint density at radius 3 is 2.88 bits per heavy atom. The molecule has 0 amide bonds. The molecule has 1 aliphatic rings. The van der Waals surface area contributed by atoms with Crippen LogP contribution in [0.3, 0.4) is 0 Å². The van der Waals surface area contributed by atoms with Crippen LogP contribution in [0.15, 0.2) is 12.1 Å². The average Bonchev–Trinajstić information content (AvgIpc) is 2.55. The van der Waals surface area contributed by atoms with Crippen LogP contribution in [0.1, 0.15) is 31.4 Å². The zero-order valence-corrected chi connectivity index (χ0v) is 9.76. The first kappa shape index (κ1) is 11.3. The fourth-order valence-electron chi connectivity index (χ4n) is 2.21. The molecule has 1 aromatic heterocycles. The van der Waals surface area contributed by atoms with Gasteiger partial charge >= 0.3 is 0 Å². The Morgan fingerprint density at radius 1 is 1.31 bits per heavy atom. The van der Waals surface area contributed by atoms with Gasteiger partial charge in [-0.05, 0) is 31.9 Å². The number of aliphatic hydroxyl groups excluding tert-OH is 1. The molecule has 4 nitrogen and oxygen atoms in total. The molecule has 1 atom stereocenters. The summed E-state index contributed by atoms with van der Waals surface area (Å²) in [5.41, 5.74) is 0.930. The third kappa shape index (κ3) is 2.50. The van der Waals surface area contributed by atoms with Gasteiger partial charge < -0.3 is 10.0 Å². The van der Waals surface area contributed by atoms with Crippen LogP contribution in [0, 0.1) is 6.92 Å². The Hall–Kier alpha value is -1.16. The zero-order valence-electron chi connectivity index (χ0n) is 9.76. The molecule has 1 aromatic rings. The number of aryl methyl sites for hydroxylation is 1. The minimum atomic E-state index is 0.204. The highest BCUT2D eigenvalue weighted by atomic mass is 16.3. The number of aromatic nitrogens is 2. The van der Waals surface area contributed by atoms with E-state index in [0.29, 0.717) is 0 Å². The molecule has 2 heterocycles. The third-order valence-electron chi connectivity index (χ3n) is 3.17.